The molecular formula is C16H19NOS. The first-order chi connectivity index (χ1) is 9.33. The third-order valence-corrected chi connectivity index (χ3v) is 4.82. The Hall–Kier alpha value is -1.19. The topological polar surface area (TPSA) is 33.1 Å². The van der Waals surface area contributed by atoms with E-state index in [0.717, 1.165) is 16.3 Å². The van der Waals surface area contributed by atoms with Gasteiger partial charge in [0.05, 0.1) is 16.8 Å². The maximum absolute atomic E-state index is 10.2. The van der Waals surface area contributed by atoms with Crippen molar-refractivity contribution in [2.75, 3.05) is 0 Å². The molecule has 0 aliphatic heterocycles. The van der Waals surface area contributed by atoms with Crippen LogP contribution in [0.5, 0.6) is 0 Å². The van der Waals surface area contributed by atoms with E-state index in [9.17, 15) is 5.11 Å². The lowest BCUT2D eigenvalue weighted by atomic mass is 9.99. The molecule has 100 valence electrons. The predicted octanol–water partition coefficient (Wildman–Crippen LogP) is 3.90. The first kappa shape index (κ1) is 12.8. The summed E-state index contributed by atoms with van der Waals surface area (Å²) in [5.74, 6) is 0.490. The molecule has 0 spiro atoms. The van der Waals surface area contributed by atoms with Crippen LogP contribution in [0.3, 0.4) is 0 Å². The van der Waals surface area contributed by atoms with Crippen molar-refractivity contribution in [2.24, 2.45) is 5.92 Å². The molecule has 1 aliphatic carbocycles. The summed E-state index contributed by atoms with van der Waals surface area (Å²) < 4.78 is 0. The smallest absolute Gasteiger partial charge is 0.0958 e. The maximum atomic E-state index is 10.2. The second kappa shape index (κ2) is 5.85. The fourth-order valence-corrected chi connectivity index (χ4v) is 3.69. The molecule has 2 nitrogen and oxygen atoms in total. The summed E-state index contributed by atoms with van der Waals surface area (Å²) in [5.41, 5.74) is 2.18. The van der Waals surface area contributed by atoms with E-state index in [0.29, 0.717) is 12.3 Å². The molecule has 2 aromatic rings. The van der Waals surface area contributed by atoms with Crippen molar-refractivity contribution < 1.29 is 5.11 Å². The van der Waals surface area contributed by atoms with Crippen LogP contribution < -0.4 is 0 Å². The van der Waals surface area contributed by atoms with Crippen LogP contribution in [0.15, 0.2) is 35.7 Å². The Balaban J connectivity index is 1.68. The molecule has 1 unspecified atom stereocenters. The summed E-state index contributed by atoms with van der Waals surface area (Å²) >= 11 is 1.66. The van der Waals surface area contributed by atoms with Gasteiger partial charge in [-0.3, -0.25) is 0 Å². The van der Waals surface area contributed by atoms with Crippen molar-refractivity contribution in [2.45, 2.75) is 38.2 Å². The molecular weight excluding hydrogens is 254 g/mol. The Morgan fingerprint density at radius 2 is 1.95 bits per heavy atom. The molecule has 1 N–H and O–H groups in total. The minimum Gasteiger partial charge on any atom is -0.392 e. The molecule has 0 radical (unpaired) electrons. The molecule has 0 saturated heterocycles. The molecule has 3 rings (SSSR count). The van der Waals surface area contributed by atoms with E-state index in [1.54, 1.807) is 11.3 Å². The molecule has 1 heterocycles. The van der Waals surface area contributed by atoms with E-state index in [1.165, 1.54) is 25.7 Å². The van der Waals surface area contributed by atoms with Crippen LogP contribution in [0, 0.1) is 5.92 Å². The zero-order valence-electron chi connectivity index (χ0n) is 11.0. The molecule has 1 saturated carbocycles. The van der Waals surface area contributed by atoms with Crippen LogP contribution in [0.2, 0.25) is 0 Å². The van der Waals surface area contributed by atoms with E-state index >= 15 is 0 Å². The highest BCUT2D eigenvalue weighted by atomic mass is 32.1. The van der Waals surface area contributed by atoms with Gasteiger partial charge in [-0.05, 0) is 18.8 Å². The fourth-order valence-electron chi connectivity index (χ4n) is 2.83. The first-order valence-electron chi connectivity index (χ1n) is 7.01. The van der Waals surface area contributed by atoms with Crippen LogP contribution in [0.4, 0.5) is 0 Å². The van der Waals surface area contributed by atoms with E-state index in [4.69, 9.17) is 0 Å². The van der Waals surface area contributed by atoms with Gasteiger partial charge in [0, 0.05) is 17.4 Å². The number of aromatic nitrogens is 1. The van der Waals surface area contributed by atoms with Gasteiger partial charge in [-0.15, -0.1) is 11.3 Å². The third-order valence-electron chi connectivity index (χ3n) is 3.95. The first-order valence-corrected chi connectivity index (χ1v) is 7.89. The summed E-state index contributed by atoms with van der Waals surface area (Å²) in [6.07, 6.45) is 5.40. The number of aliphatic hydroxyl groups excluding tert-OH is 1. The second-order valence-corrected chi connectivity index (χ2v) is 6.25. The van der Waals surface area contributed by atoms with Gasteiger partial charge in [-0.2, -0.15) is 0 Å². The van der Waals surface area contributed by atoms with Gasteiger partial charge < -0.3 is 5.11 Å². The van der Waals surface area contributed by atoms with Crippen LogP contribution >= 0.6 is 11.3 Å². The predicted molar refractivity (Wildman–Crippen MR) is 79.2 cm³/mol. The van der Waals surface area contributed by atoms with E-state index in [1.807, 2.05) is 18.2 Å². The number of rotatable bonds is 4. The highest BCUT2D eigenvalue weighted by molar-refractivity contribution is 7.09. The Labute approximate surface area is 118 Å². The molecule has 1 aromatic carbocycles. The summed E-state index contributed by atoms with van der Waals surface area (Å²) in [6, 6.07) is 10.2. The lowest BCUT2D eigenvalue weighted by Gasteiger charge is -2.15. The lowest BCUT2D eigenvalue weighted by molar-refractivity contribution is 0.111. The van der Waals surface area contributed by atoms with Gasteiger partial charge in [0.2, 0.25) is 0 Å². The maximum Gasteiger partial charge on any atom is 0.0958 e. The van der Waals surface area contributed by atoms with Crippen LogP contribution in [-0.2, 0) is 6.42 Å². The Morgan fingerprint density at radius 1 is 1.21 bits per heavy atom. The summed E-state index contributed by atoms with van der Waals surface area (Å²) in [5, 5.41) is 13.4. The van der Waals surface area contributed by atoms with Gasteiger partial charge in [-0.25, -0.2) is 4.98 Å². The molecule has 3 heteroatoms. The second-order valence-electron chi connectivity index (χ2n) is 5.31. The lowest BCUT2D eigenvalue weighted by Crippen LogP contribution is -2.20. The average molecular weight is 273 g/mol. The summed E-state index contributed by atoms with van der Waals surface area (Å²) in [4.78, 5) is 4.65. The SMILES string of the molecule is OC(Cc1nc(-c2ccccc2)cs1)C1CCCC1. The van der Waals surface area contributed by atoms with Crippen molar-refractivity contribution in [3.63, 3.8) is 0 Å². The summed E-state index contributed by atoms with van der Waals surface area (Å²) in [7, 11) is 0. The normalized spacial score (nSPS) is 17.7. The number of thiazole rings is 1. The monoisotopic (exact) mass is 273 g/mol. The fraction of sp³-hybridized carbons (Fsp3) is 0.438. The minimum absolute atomic E-state index is 0.211. The molecule has 1 atom stereocenters. The van der Waals surface area contributed by atoms with Gasteiger partial charge in [-0.1, -0.05) is 43.2 Å². The highest BCUT2D eigenvalue weighted by Crippen LogP contribution is 2.30. The van der Waals surface area contributed by atoms with Crippen molar-refractivity contribution in [3.05, 3.63) is 40.7 Å². The number of hydrogen-bond acceptors (Lipinski definition) is 3. The molecule has 1 aromatic heterocycles. The molecule has 0 bridgehead atoms. The van der Waals surface area contributed by atoms with E-state index in [2.05, 4.69) is 22.5 Å². The van der Waals surface area contributed by atoms with Gasteiger partial charge in [0.25, 0.3) is 0 Å². The van der Waals surface area contributed by atoms with Crippen LogP contribution in [0.1, 0.15) is 30.7 Å². The molecule has 1 fully saturated rings. The third kappa shape index (κ3) is 3.04. The Bertz CT molecular complexity index is 517. The minimum atomic E-state index is -0.211. The largest absolute Gasteiger partial charge is 0.392 e. The highest BCUT2D eigenvalue weighted by Gasteiger charge is 2.24. The molecule has 0 amide bonds. The van der Waals surface area contributed by atoms with Gasteiger partial charge >= 0.3 is 0 Å². The van der Waals surface area contributed by atoms with E-state index < -0.39 is 0 Å². The standard InChI is InChI=1S/C16H19NOS/c18-15(13-8-4-5-9-13)10-16-17-14(11-19-16)12-6-2-1-3-7-12/h1-3,6-7,11,13,15,18H,4-5,8-10H2. The Morgan fingerprint density at radius 3 is 2.68 bits per heavy atom. The van der Waals surface area contributed by atoms with Crippen molar-refractivity contribution in [1.29, 1.82) is 0 Å². The van der Waals surface area contributed by atoms with Crippen LogP contribution in [0.25, 0.3) is 11.3 Å². The van der Waals surface area contributed by atoms with Crippen molar-refractivity contribution >= 4 is 11.3 Å². The average Bonchev–Trinajstić information content (AvgIpc) is 3.11. The molecule has 1 aliphatic rings. The number of benzene rings is 1. The number of hydrogen-bond donors (Lipinski definition) is 1. The van der Waals surface area contributed by atoms with Crippen molar-refractivity contribution in [1.82, 2.24) is 4.98 Å². The van der Waals surface area contributed by atoms with Gasteiger partial charge in [0.1, 0.15) is 0 Å². The van der Waals surface area contributed by atoms with Crippen molar-refractivity contribution in [3.8, 4) is 11.3 Å². The Kier molecular flexibility index (Phi) is 3.95. The summed E-state index contributed by atoms with van der Waals surface area (Å²) in [6.45, 7) is 0. The zero-order chi connectivity index (χ0) is 13.1. The number of aliphatic hydroxyl groups is 1. The van der Waals surface area contributed by atoms with Gasteiger partial charge in [0.15, 0.2) is 0 Å². The number of nitrogens with zero attached hydrogens (tertiary/aromatic N) is 1. The van der Waals surface area contributed by atoms with E-state index in [-0.39, 0.29) is 6.10 Å². The zero-order valence-corrected chi connectivity index (χ0v) is 11.8. The van der Waals surface area contributed by atoms with Crippen LogP contribution in [-0.4, -0.2) is 16.2 Å². The molecule has 19 heavy (non-hydrogen) atoms. The quantitative estimate of drug-likeness (QED) is 0.916.